The Morgan fingerprint density at radius 2 is 2.00 bits per heavy atom. The maximum absolute atomic E-state index is 5.85. The van der Waals surface area contributed by atoms with Gasteiger partial charge in [0.25, 0.3) is 0 Å². The lowest BCUT2D eigenvalue weighted by Crippen LogP contribution is -2.20. The van der Waals surface area contributed by atoms with Gasteiger partial charge in [-0.2, -0.15) is 0 Å². The lowest BCUT2D eigenvalue weighted by atomic mass is 10.2. The fourth-order valence-electron chi connectivity index (χ4n) is 2.02. The van der Waals surface area contributed by atoms with Crippen LogP contribution in [0.25, 0.3) is 0 Å². The molecule has 1 aliphatic rings. The number of likely N-dealkylation sites (tertiary alicyclic amines) is 1. The second-order valence-electron chi connectivity index (χ2n) is 4.03. The fourth-order valence-corrected chi connectivity index (χ4v) is 2.28. The van der Waals surface area contributed by atoms with Crippen LogP contribution >= 0.6 is 24.0 Å². The van der Waals surface area contributed by atoms with Crippen molar-refractivity contribution in [3.05, 3.63) is 35.9 Å². The average Bonchev–Trinajstić information content (AvgIpc) is 2.67. The van der Waals surface area contributed by atoms with Crippen molar-refractivity contribution in [2.45, 2.75) is 13.0 Å². The third-order valence-electron chi connectivity index (χ3n) is 2.84. The van der Waals surface area contributed by atoms with Crippen molar-refractivity contribution in [3.8, 4) is 0 Å². The van der Waals surface area contributed by atoms with Crippen LogP contribution in [0.3, 0.4) is 0 Å². The zero-order chi connectivity index (χ0) is 9.80. The van der Waals surface area contributed by atoms with Gasteiger partial charge < -0.3 is 0 Å². The Kier molecular flexibility index (Phi) is 5.44. The molecule has 0 aliphatic carbocycles. The van der Waals surface area contributed by atoms with Crippen molar-refractivity contribution in [2.24, 2.45) is 5.92 Å². The van der Waals surface area contributed by atoms with Gasteiger partial charge in [-0.15, -0.1) is 24.0 Å². The van der Waals surface area contributed by atoms with Crippen LogP contribution < -0.4 is 0 Å². The average molecular weight is 246 g/mol. The molecule has 1 aromatic rings. The predicted octanol–water partition coefficient (Wildman–Crippen LogP) is 3.17. The molecule has 0 saturated carbocycles. The molecule has 0 radical (unpaired) electrons. The molecule has 0 spiro atoms. The summed E-state index contributed by atoms with van der Waals surface area (Å²) in [7, 11) is 0. The zero-order valence-electron chi connectivity index (χ0n) is 8.73. The maximum atomic E-state index is 5.85. The van der Waals surface area contributed by atoms with Gasteiger partial charge >= 0.3 is 0 Å². The van der Waals surface area contributed by atoms with Gasteiger partial charge in [0.1, 0.15) is 0 Å². The van der Waals surface area contributed by atoms with Crippen LogP contribution in [0, 0.1) is 5.92 Å². The third kappa shape index (κ3) is 3.67. The van der Waals surface area contributed by atoms with Gasteiger partial charge in [0.2, 0.25) is 0 Å². The molecule has 1 nitrogen and oxygen atoms in total. The summed E-state index contributed by atoms with van der Waals surface area (Å²) in [6.45, 7) is 3.44. The summed E-state index contributed by atoms with van der Waals surface area (Å²) in [5.41, 5.74) is 1.41. The number of rotatable bonds is 3. The molecule has 2 rings (SSSR count). The van der Waals surface area contributed by atoms with Gasteiger partial charge in [-0.25, -0.2) is 0 Å². The summed E-state index contributed by atoms with van der Waals surface area (Å²) in [5.74, 6) is 1.52. The molecule has 1 unspecified atom stereocenters. The first-order valence-corrected chi connectivity index (χ1v) is 5.74. The molecular formula is C12H17Cl2N. The SMILES string of the molecule is Cl.ClCC1CCN(Cc2ccccc2)C1. The van der Waals surface area contributed by atoms with Crippen molar-refractivity contribution in [1.82, 2.24) is 4.90 Å². The molecule has 0 amide bonds. The highest BCUT2D eigenvalue weighted by molar-refractivity contribution is 6.18. The molecule has 1 aromatic carbocycles. The van der Waals surface area contributed by atoms with Crippen molar-refractivity contribution in [2.75, 3.05) is 19.0 Å². The van der Waals surface area contributed by atoms with Crippen LogP contribution in [0.2, 0.25) is 0 Å². The maximum Gasteiger partial charge on any atom is 0.0264 e. The Balaban J connectivity index is 0.00000112. The highest BCUT2D eigenvalue weighted by Crippen LogP contribution is 2.19. The molecule has 1 saturated heterocycles. The Bertz CT molecular complexity index is 276. The Labute approximate surface area is 103 Å². The zero-order valence-corrected chi connectivity index (χ0v) is 10.3. The van der Waals surface area contributed by atoms with Crippen LogP contribution in [0.4, 0.5) is 0 Å². The van der Waals surface area contributed by atoms with E-state index in [2.05, 4.69) is 35.2 Å². The lowest BCUT2D eigenvalue weighted by molar-refractivity contribution is 0.321. The minimum absolute atomic E-state index is 0. The summed E-state index contributed by atoms with van der Waals surface area (Å²) >= 11 is 5.85. The van der Waals surface area contributed by atoms with Gasteiger partial charge in [-0.05, 0) is 24.4 Å². The van der Waals surface area contributed by atoms with Crippen molar-refractivity contribution in [3.63, 3.8) is 0 Å². The number of benzene rings is 1. The van der Waals surface area contributed by atoms with Gasteiger partial charge in [0.05, 0.1) is 0 Å². The van der Waals surface area contributed by atoms with E-state index in [0.29, 0.717) is 5.92 Å². The third-order valence-corrected chi connectivity index (χ3v) is 3.27. The molecule has 1 heterocycles. The van der Waals surface area contributed by atoms with Gasteiger partial charge in [-0.3, -0.25) is 4.90 Å². The van der Waals surface area contributed by atoms with E-state index in [1.54, 1.807) is 0 Å². The smallest absolute Gasteiger partial charge is 0.0264 e. The standard InChI is InChI=1S/C12H16ClN.ClH/c13-8-12-6-7-14(10-12)9-11-4-2-1-3-5-11;/h1-5,12H,6-10H2;1H. The molecular weight excluding hydrogens is 229 g/mol. The Morgan fingerprint density at radius 3 is 2.60 bits per heavy atom. The van der Waals surface area contributed by atoms with Crippen LogP contribution in [-0.2, 0) is 6.54 Å². The highest BCUT2D eigenvalue weighted by Gasteiger charge is 2.21. The second-order valence-corrected chi connectivity index (χ2v) is 4.34. The lowest BCUT2D eigenvalue weighted by Gasteiger charge is -2.15. The van der Waals surface area contributed by atoms with E-state index in [0.717, 1.165) is 12.4 Å². The van der Waals surface area contributed by atoms with Gasteiger partial charge in [0, 0.05) is 19.0 Å². The first-order valence-electron chi connectivity index (χ1n) is 5.20. The molecule has 0 aromatic heterocycles. The molecule has 15 heavy (non-hydrogen) atoms. The van der Waals surface area contributed by atoms with E-state index in [9.17, 15) is 0 Å². The molecule has 0 N–H and O–H groups in total. The summed E-state index contributed by atoms with van der Waals surface area (Å²) in [5, 5.41) is 0. The fraction of sp³-hybridized carbons (Fsp3) is 0.500. The molecule has 84 valence electrons. The predicted molar refractivity (Wildman–Crippen MR) is 67.8 cm³/mol. The summed E-state index contributed by atoms with van der Waals surface area (Å²) < 4.78 is 0. The van der Waals surface area contributed by atoms with E-state index in [-0.39, 0.29) is 12.4 Å². The van der Waals surface area contributed by atoms with Crippen molar-refractivity contribution >= 4 is 24.0 Å². The Hall–Kier alpha value is -0.240. The van der Waals surface area contributed by atoms with E-state index < -0.39 is 0 Å². The van der Waals surface area contributed by atoms with Crippen molar-refractivity contribution < 1.29 is 0 Å². The molecule has 1 fully saturated rings. The highest BCUT2D eigenvalue weighted by atomic mass is 35.5. The van der Waals surface area contributed by atoms with E-state index in [1.807, 2.05) is 0 Å². The van der Waals surface area contributed by atoms with Crippen LogP contribution in [0.15, 0.2) is 30.3 Å². The minimum Gasteiger partial charge on any atom is -0.299 e. The second kappa shape index (κ2) is 6.37. The number of hydrogen-bond acceptors (Lipinski definition) is 1. The molecule has 1 atom stereocenters. The number of hydrogen-bond donors (Lipinski definition) is 0. The summed E-state index contributed by atoms with van der Waals surface area (Å²) in [6, 6.07) is 10.6. The van der Waals surface area contributed by atoms with Crippen LogP contribution in [0.1, 0.15) is 12.0 Å². The first-order chi connectivity index (χ1) is 6.88. The monoisotopic (exact) mass is 245 g/mol. The minimum atomic E-state index is 0. The van der Waals surface area contributed by atoms with Gasteiger partial charge in [-0.1, -0.05) is 30.3 Å². The van der Waals surface area contributed by atoms with Gasteiger partial charge in [0.15, 0.2) is 0 Å². The quantitative estimate of drug-likeness (QED) is 0.740. The van der Waals surface area contributed by atoms with E-state index in [4.69, 9.17) is 11.6 Å². The topological polar surface area (TPSA) is 3.24 Å². The number of nitrogens with zero attached hydrogens (tertiary/aromatic N) is 1. The summed E-state index contributed by atoms with van der Waals surface area (Å²) in [4.78, 5) is 2.49. The number of alkyl halides is 1. The summed E-state index contributed by atoms with van der Waals surface area (Å²) in [6.07, 6.45) is 1.26. The van der Waals surface area contributed by atoms with Crippen LogP contribution in [-0.4, -0.2) is 23.9 Å². The van der Waals surface area contributed by atoms with Crippen molar-refractivity contribution in [1.29, 1.82) is 0 Å². The first kappa shape index (κ1) is 12.8. The molecule has 3 heteroatoms. The van der Waals surface area contributed by atoms with Crippen LogP contribution in [0.5, 0.6) is 0 Å². The largest absolute Gasteiger partial charge is 0.299 e. The molecule has 1 aliphatic heterocycles. The Morgan fingerprint density at radius 1 is 1.27 bits per heavy atom. The van der Waals surface area contributed by atoms with E-state index in [1.165, 1.54) is 25.1 Å². The van der Waals surface area contributed by atoms with E-state index >= 15 is 0 Å². The normalized spacial score (nSPS) is 21.3. The number of halogens is 2. The molecule has 0 bridgehead atoms.